The molecular formula is C32H38IOPSi. The van der Waals surface area contributed by atoms with Gasteiger partial charge in [0.05, 0.1) is 12.3 Å². The Kier molecular flexibility index (Phi) is 10.5. The van der Waals surface area contributed by atoms with E-state index in [0.717, 1.165) is 12.6 Å². The fourth-order valence-electron chi connectivity index (χ4n) is 5.02. The van der Waals surface area contributed by atoms with Crippen molar-refractivity contribution in [1.29, 1.82) is 0 Å². The Balaban J connectivity index is 0.00000361. The summed E-state index contributed by atoms with van der Waals surface area (Å²) >= 11 is 0. The Hall–Kier alpha value is -1.78. The van der Waals surface area contributed by atoms with Crippen molar-refractivity contribution < 1.29 is 28.4 Å². The highest BCUT2D eigenvalue weighted by molar-refractivity contribution is 7.95. The van der Waals surface area contributed by atoms with Crippen LogP contribution in [0.3, 0.4) is 0 Å². The molecule has 0 heterocycles. The summed E-state index contributed by atoms with van der Waals surface area (Å²) < 4.78 is 6.91. The van der Waals surface area contributed by atoms with Gasteiger partial charge in [0.25, 0.3) is 0 Å². The molecule has 0 bridgehead atoms. The van der Waals surface area contributed by atoms with Crippen LogP contribution in [0.4, 0.5) is 0 Å². The van der Waals surface area contributed by atoms with E-state index in [1.54, 1.807) is 0 Å². The van der Waals surface area contributed by atoms with Gasteiger partial charge in [-0.25, -0.2) is 0 Å². The summed E-state index contributed by atoms with van der Waals surface area (Å²) in [4.78, 5) is 0. The Morgan fingerprint density at radius 1 is 0.611 bits per heavy atom. The molecule has 0 fully saturated rings. The maximum Gasteiger partial charge on any atom is 0.184 e. The van der Waals surface area contributed by atoms with Gasteiger partial charge >= 0.3 is 0 Å². The summed E-state index contributed by atoms with van der Waals surface area (Å²) in [5.41, 5.74) is 1.35. The first-order chi connectivity index (χ1) is 16.9. The highest BCUT2D eigenvalue weighted by Gasteiger charge is 2.47. The second kappa shape index (κ2) is 13.1. The normalized spacial score (nSPS) is 13.4. The van der Waals surface area contributed by atoms with Crippen LogP contribution in [0.2, 0.25) is 19.6 Å². The topological polar surface area (TPSA) is 9.23 Å². The first kappa shape index (κ1) is 28.8. The number of halogens is 1. The van der Waals surface area contributed by atoms with Crippen molar-refractivity contribution in [3.05, 3.63) is 127 Å². The molecule has 0 saturated heterocycles. The SMILES string of the molecule is CC(C[P+](c1ccccc1)(c1ccccc1)c1ccccc1)C(Cc1ccccc1)O[Si](C)(C)C.[I-]. The van der Waals surface area contributed by atoms with Crippen LogP contribution < -0.4 is 39.9 Å². The molecule has 188 valence electrons. The molecule has 2 unspecified atom stereocenters. The molecule has 0 aliphatic heterocycles. The zero-order chi connectivity index (χ0) is 24.7. The molecule has 0 N–H and O–H groups in total. The molecule has 0 amide bonds. The molecule has 4 aromatic rings. The predicted molar refractivity (Wildman–Crippen MR) is 158 cm³/mol. The van der Waals surface area contributed by atoms with Crippen LogP contribution in [-0.2, 0) is 10.8 Å². The number of benzene rings is 4. The first-order valence-corrected chi connectivity index (χ1v) is 18.0. The van der Waals surface area contributed by atoms with E-state index in [1.807, 2.05) is 0 Å². The third-order valence-electron chi connectivity index (χ3n) is 6.57. The standard InChI is InChI=1S/C32H38OPSi.HI/c1-27(32(33-35(2,3)4)25-28-17-9-5-10-18-28)26-34(29-19-11-6-12-20-29,30-21-13-7-14-22-30)31-23-15-8-16-24-31;/h5-24,27,32H,25-26H2,1-4H3;1H/q+1;/p-1. The number of hydrogen-bond acceptors (Lipinski definition) is 1. The summed E-state index contributed by atoms with van der Waals surface area (Å²) in [5.74, 6) is 0.385. The Morgan fingerprint density at radius 2 is 0.972 bits per heavy atom. The lowest BCUT2D eigenvalue weighted by Gasteiger charge is -2.35. The summed E-state index contributed by atoms with van der Waals surface area (Å²) in [7, 11) is -3.64. The van der Waals surface area contributed by atoms with E-state index in [9.17, 15) is 0 Å². The molecule has 4 aromatic carbocycles. The first-order valence-electron chi connectivity index (χ1n) is 12.7. The van der Waals surface area contributed by atoms with E-state index < -0.39 is 15.6 Å². The van der Waals surface area contributed by atoms with Crippen molar-refractivity contribution in [3.63, 3.8) is 0 Å². The van der Waals surface area contributed by atoms with Crippen LogP contribution in [0, 0.1) is 5.92 Å². The largest absolute Gasteiger partial charge is 1.00 e. The summed E-state index contributed by atoms with van der Waals surface area (Å²) in [6.07, 6.45) is 2.21. The number of hydrogen-bond donors (Lipinski definition) is 0. The van der Waals surface area contributed by atoms with Gasteiger partial charge in [-0.3, -0.25) is 0 Å². The van der Waals surface area contributed by atoms with Crippen molar-refractivity contribution in [1.82, 2.24) is 0 Å². The lowest BCUT2D eigenvalue weighted by atomic mass is 9.99. The van der Waals surface area contributed by atoms with Crippen LogP contribution in [0.15, 0.2) is 121 Å². The van der Waals surface area contributed by atoms with Crippen molar-refractivity contribution in [2.75, 3.05) is 6.16 Å². The van der Waals surface area contributed by atoms with E-state index in [1.165, 1.54) is 21.5 Å². The summed E-state index contributed by atoms with van der Waals surface area (Å²) in [6.45, 7) is 9.35. The number of rotatable bonds is 10. The van der Waals surface area contributed by atoms with Crippen LogP contribution in [0.25, 0.3) is 0 Å². The highest BCUT2D eigenvalue weighted by Crippen LogP contribution is 2.57. The van der Waals surface area contributed by atoms with Crippen LogP contribution >= 0.6 is 7.26 Å². The Bertz CT molecular complexity index is 1070. The molecule has 0 spiro atoms. The monoisotopic (exact) mass is 624 g/mol. The van der Waals surface area contributed by atoms with Crippen molar-refractivity contribution in [2.45, 2.75) is 39.1 Å². The molecule has 4 heteroatoms. The van der Waals surface area contributed by atoms with E-state index in [2.05, 4.69) is 148 Å². The molecule has 36 heavy (non-hydrogen) atoms. The lowest BCUT2D eigenvalue weighted by Crippen LogP contribution is -3.00. The van der Waals surface area contributed by atoms with Gasteiger partial charge in [-0.2, -0.15) is 0 Å². The van der Waals surface area contributed by atoms with Crippen LogP contribution in [-0.4, -0.2) is 20.6 Å². The Morgan fingerprint density at radius 3 is 1.33 bits per heavy atom. The fourth-order valence-corrected chi connectivity index (χ4v) is 10.9. The smallest absolute Gasteiger partial charge is 0.184 e. The van der Waals surface area contributed by atoms with Gasteiger partial charge in [-0.05, 0) is 68.0 Å². The third-order valence-corrected chi connectivity index (χ3v) is 12.2. The second-order valence-electron chi connectivity index (χ2n) is 10.4. The van der Waals surface area contributed by atoms with E-state index in [0.29, 0.717) is 5.92 Å². The minimum atomic E-state index is -1.90. The minimum absolute atomic E-state index is 0. The molecule has 1 nitrogen and oxygen atoms in total. The van der Waals surface area contributed by atoms with Gasteiger partial charge in [-0.15, -0.1) is 0 Å². The molecule has 0 aromatic heterocycles. The van der Waals surface area contributed by atoms with E-state index >= 15 is 0 Å². The third kappa shape index (κ3) is 7.16. The van der Waals surface area contributed by atoms with Crippen molar-refractivity contribution >= 4 is 31.5 Å². The molecule has 0 saturated carbocycles. The summed E-state index contributed by atoms with van der Waals surface area (Å²) in [5, 5.41) is 4.32. The van der Waals surface area contributed by atoms with Gasteiger partial charge in [-0.1, -0.05) is 91.9 Å². The van der Waals surface area contributed by atoms with Crippen LogP contribution in [0.1, 0.15) is 12.5 Å². The fraction of sp³-hybridized carbons (Fsp3) is 0.250. The second-order valence-corrected chi connectivity index (χ2v) is 18.4. The predicted octanol–water partition coefficient (Wildman–Crippen LogP) is 4.08. The van der Waals surface area contributed by atoms with Gasteiger partial charge in [0.2, 0.25) is 0 Å². The zero-order valence-corrected chi connectivity index (χ0v) is 25.9. The maximum atomic E-state index is 6.91. The molecular weight excluding hydrogens is 586 g/mol. The average Bonchev–Trinajstić information content (AvgIpc) is 2.88. The van der Waals surface area contributed by atoms with E-state index in [-0.39, 0.29) is 30.1 Å². The highest BCUT2D eigenvalue weighted by atomic mass is 127. The van der Waals surface area contributed by atoms with E-state index in [4.69, 9.17) is 4.43 Å². The minimum Gasteiger partial charge on any atom is -1.00 e. The van der Waals surface area contributed by atoms with Gasteiger partial charge in [0.1, 0.15) is 23.2 Å². The quantitative estimate of drug-likeness (QED) is 0.147. The molecule has 2 atom stereocenters. The average molecular weight is 625 g/mol. The summed E-state index contributed by atoms with van der Waals surface area (Å²) in [6, 6.07) is 44.4. The van der Waals surface area contributed by atoms with Crippen molar-refractivity contribution in [2.24, 2.45) is 5.92 Å². The van der Waals surface area contributed by atoms with Crippen molar-refractivity contribution in [3.8, 4) is 0 Å². The molecule has 0 radical (unpaired) electrons. The molecule has 0 aliphatic carbocycles. The maximum absolute atomic E-state index is 6.91. The Labute approximate surface area is 236 Å². The van der Waals surface area contributed by atoms with Gasteiger partial charge in [0.15, 0.2) is 8.32 Å². The molecule has 4 rings (SSSR count). The van der Waals surface area contributed by atoms with Gasteiger partial charge < -0.3 is 28.4 Å². The van der Waals surface area contributed by atoms with Crippen LogP contribution in [0.5, 0.6) is 0 Å². The zero-order valence-electron chi connectivity index (χ0n) is 21.8. The van der Waals surface area contributed by atoms with Gasteiger partial charge in [0, 0.05) is 5.92 Å². The lowest BCUT2D eigenvalue weighted by molar-refractivity contribution is -0.00000905. The molecule has 0 aliphatic rings.